The van der Waals surface area contributed by atoms with Crippen molar-refractivity contribution < 1.29 is 44.7 Å². The Morgan fingerprint density at radius 2 is 1.70 bits per heavy atom. The van der Waals surface area contributed by atoms with Gasteiger partial charge in [-0.25, -0.2) is 12.8 Å². The molecule has 5 aromatic rings. The average molecular weight is 787 g/mol. The lowest BCUT2D eigenvalue weighted by Gasteiger charge is -2.26. The van der Waals surface area contributed by atoms with Crippen LogP contribution in [0.2, 0.25) is 10.0 Å². The minimum Gasteiger partial charge on any atom is -0.493 e. The van der Waals surface area contributed by atoms with Crippen molar-refractivity contribution in [3.63, 3.8) is 0 Å². The summed E-state index contributed by atoms with van der Waals surface area (Å²) in [6.07, 6.45) is 1.54. The number of methoxy groups -OCH3 is 1. The van der Waals surface area contributed by atoms with Crippen molar-refractivity contribution in [3.05, 3.63) is 94.2 Å². The van der Waals surface area contributed by atoms with Gasteiger partial charge in [0.2, 0.25) is 0 Å². The van der Waals surface area contributed by atoms with E-state index in [4.69, 9.17) is 46.7 Å². The SMILES string of the molecule is COc1cc2c(Oc3ccc(NS(=O)(=O)c4c(Cl)cccc4Cl)cc3F)ccnc2cc1OCCN1CCOCC1.O=S(=O)(O)c1cccs1. The van der Waals surface area contributed by atoms with E-state index in [2.05, 4.69) is 14.6 Å². The van der Waals surface area contributed by atoms with Gasteiger partial charge in [0.1, 0.15) is 21.5 Å². The molecule has 1 saturated heterocycles. The fourth-order valence-electron chi connectivity index (χ4n) is 4.72. The van der Waals surface area contributed by atoms with Crippen LogP contribution in [-0.2, 0) is 24.9 Å². The topological polar surface area (TPSA) is 154 Å². The number of nitrogens with one attached hydrogen (secondary N) is 1. The van der Waals surface area contributed by atoms with Crippen molar-refractivity contribution in [3.8, 4) is 23.0 Å². The highest BCUT2D eigenvalue weighted by Gasteiger charge is 2.23. The lowest BCUT2D eigenvalue weighted by Crippen LogP contribution is -2.38. The summed E-state index contributed by atoms with van der Waals surface area (Å²) < 4.78 is 94.7. The van der Waals surface area contributed by atoms with Gasteiger partial charge in [-0.15, -0.1) is 11.3 Å². The van der Waals surface area contributed by atoms with Crippen molar-refractivity contribution in [1.82, 2.24) is 9.88 Å². The lowest BCUT2D eigenvalue weighted by molar-refractivity contribution is 0.0321. The fraction of sp³-hybridized carbons (Fsp3) is 0.219. The van der Waals surface area contributed by atoms with Crippen LogP contribution < -0.4 is 18.9 Å². The number of sulfonamides is 1. The van der Waals surface area contributed by atoms with Gasteiger partial charge < -0.3 is 18.9 Å². The second-order valence-electron chi connectivity index (χ2n) is 10.4. The Kier molecular flexibility index (Phi) is 12.4. The number of hydrogen-bond donors (Lipinski definition) is 2. The molecule has 266 valence electrons. The van der Waals surface area contributed by atoms with E-state index in [0.29, 0.717) is 48.0 Å². The molecule has 1 aliphatic heterocycles. The van der Waals surface area contributed by atoms with Crippen LogP contribution in [0.1, 0.15) is 0 Å². The van der Waals surface area contributed by atoms with E-state index < -0.39 is 26.0 Å². The number of aromatic nitrogens is 1. The van der Waals surface area contributed by atoms with Crippen LogP contribution in [-0.4, -0.2) is 77.8 Å². The summed E-state index contributed by atoms with van der Waals surface area (Å²) in [7, 11) is -6.59. The third-order valence-corrected chi connectivity index (χ3v) is 11.7. The molecule has 1 aliphatic rings. The van der Waals surface area contributed by atoms with Crippen LogP contribution in [0.5, 0.6) is 23.0 Å². The van der Waals surface area contributed by atoms with Gasteiger partial charge in [-0.1, -0.05) is 35.3 Å². The first-order valence-electron chi connectivity index (χ1n) is 14.7. The van der Waals surface area contributed by atoms with Gasteiger partial charge in [0.15, 0.2) is 23.1 Å². The standard InChI is InChI=1S/C28H26Cl2FN3O6S.C4H4O3S2/c1-37-26-16-19-23(17-27(26)39-14-11-34-9-12-38-13-10-34)32-8-7-24(19)40-25-6-5-18(15-22(25)31)33-41(35,36)28-20(29)3-2-4-21(28)30;5-9(6,7)4-2-1-3-8-4/h2-8,15-17,33H,9-14H2,1H3;1-3H,(H,5,6,7). The highest BCUT2D eigenvalue weighted by molar-refractivity contribution is 7.93. The number of pyridine rings is 1. The van der Waals surface area contributed by atoms with Gasteiger partial charge in [0, 0.05) is 43.4 Å². The summed E-state index contributed by atoms with van der Waals surface area (Å²) in [6.45, 7) is 4.35. The molecule has 3 aromatic carbocycles. The molecule has 1 fully saturated rings. The van der Waals surface area contributed by atoms with E-state index in [1.807, 2.05) is 0 Å². The van der Waals surface area contributed by atoms with E-state index >= 15 is 4.39 Å². The number of morpholine rings is 1. The molecule has 0 unspecified atom stereocenters. The summed E-state index contributed by atoms with van der Waals surface area (Å²) >= 11 is 13.1. The van der Waals surface area contributed by atoms with Crippen molar-refractivity contribution in [2.45, 2.75) is 9.10 Å². The van der Waals surface area contributed by atoms with Crippen LogP contribution >= 0.6 is 34.5 Å². The Hall–Kier alpha value is -3.74. The maximum absolute atomic E-state index is 15.1. The lowest BCUT2D eigenvalue weighted by atomic mass is 10.1. The molecule has 0 amide bonds. The zero-order valence-electron chi connectivity index (χ0n) is 26.2. The Morgan fingerprint density at radius 1 is 0.960 bits per heavy atom. The first kappa shape index (κ1) is 37.5. The summed E-state index contributed by atoms with van der Waals surface area (Å²) in [4.78, 5) is 6.36. The first-order chi connectivity index (χ1) is 23.9. The molecule has 2 N–H and O–H groups in total. The third kappa shape index (κ3) is 9.52. The van der Waals surface area contributed by atoms with Gasteiger partial charge in [-0.05, 0) is 47.8 Å². The molecule has 2 aromatic heterocycles. The summed E-state index contributed by atoms with van der Waals surface area (Å²) in [5.74, 6) is 0.403. The zero-order chi connectivity index (χ0) is 35.9. The number of thiophene rings is 1. The summed E-state index contributed by atoms with van der Waals surface area (Å²) in [6, 6.07) is 16.0. The Labute approximate surface area is 302 Å². The quantitative estimate of drug-likeness (QED) is 0.133. The van der Waals surface area contributed by atoms with Gasteiger partial charge >= 0.3 is 10.1 Å². The number of benzene rings is 3. The first-order valence-corrected chi connectivity index (χ1v) is 19.3. The van der Waals surface area contributed by atoms with Gasteiger partial charge in [-0.3, -0.25) is 19.2 Å². The normalized spacial score (nSPS) is 13.7. The summed E-state index contributed by atoms with van der Waals surface area (Å²) in [5.41, 5.74) is 0.525. The molecule has 12 nitrogen and oxygen atoms in total. The Bertz CT molecular complexity index is 2150. The maximum atomic E-state index is 15.1. The number of nitrogens with zero attached hydrogens (tertiary/aromatic N) is 2. The third-order valence-electron chi connectivity index (χ3n) is 7.10. The second kappa shape index (κ2) is 16.5. The fourth-order valence-corrected chi connectivity index (χ4v) is 8.27. The largest absolute Gasteiger partial charge is 0.493 e. The molecule has 0 aliphatic carbocycles. The van der Waals surface area contributed by atoms with E-state index in [9.17, 15) is 16.8 Å². The second-order valence-corrected chi connectivity index (χ2v) is 15.5. The number of ether oxygens (including phenoxy) is 4. The number of hydrogen-bond acceptors (Lipinski definition) is 11. The highest BCUT2D eigenvalue weighted by Crippen LogP contribution is 2.38. The minimum atomic E-state index is -4.18. The van der Waals surface area contributed by atoms with Crippen LogP contribution in [0, 0.1) is 5.82 Å². The molecule has 0 spiro atoms. The zero-order valence-corrected chi connectivity index (χ0v) is 30.2. The van der Waals surface area contributed by atoms with Gasteiger partial charge in [-0.2, -0.15) is 8.42 Å². The van der Waals surface area contributed by atoms with Crippen molar-refractivity contribution >= 4 is 71.3 Å². The monoisotopic (exact) mass is 785 g/mol. The average Bonchev–Trinajstić information content (AvgIpc) is 3.63. The Morgan fingerprint density at radius 3 is 2.32 bits per heavy atom. The van der Waals surface area contributed by atoms with Crippen LogP contribution in [0.25, 0.3) is 10.9 Å². The summed E-state index contributed by atoms with van der Waals surface area (Å²) in [5, 5.41) is 2.04. The molecule has 0 saturated carbocycles. The minimum absolute atomic E-state index is 0.0116. The number of rotatable bonds is 11. The molecular formula is C32H30Cl2FN3O9S3. The van der Waals surface area contributed by atoms with Crippen LogP contribution in [0.3, 0.4) is 0 Å². The molecule has 0 bridgehead atoms. The van der Waals surface area contributed by atoms with E-state index in [-0.39, 0.29) is 30.6 Å². The molecule has 0 radical (unpaired) electrons. The molecule has 0 atom stereocenters. The number of fused-ring (bicyclic) bond motifs is 1. The highest BCUT2D eigenvalue weighted by atomic mass is 35.5. The van der Waals surface area contributed by atoms with Crippen LogP contribution in [0.15, 0.2) is 87.4 Å². The Balaban J connectivity index is 0.000000470. The number of anilines is 1. The van der Waals surface area contributed by atoms with E-state index in [1.165, 1.54) is 49.7 Å². The predicted molar refractivity (Wildman–Crippen MR) is 189 cm³/mol. The number of halogens is 3. The van der Waals surface area contributed by atoms with Gasteiger partial charge in [0.05, 0.1) is 41.6 Å². The molecule has 3 heterocycles. The smallest absolute Gasteiger partial charge is 0.304 e. The van der Waals surface area contributed by atoms with Crippen molar-refractivity contribution in [2.75, 3.05) is 51.3 Å². The molecule has 50 heavy (non-hydrogen) atoms. The predicted octanol–water partition coefficient (Wildman–Crippen LogP) is 6.99. The molecule has 6 rings (SSSR count). The van der Waals surface area contributed by atoms with Crippen molar-refractivity contribution in [1.29, 1.82) is 0 Å². The molecule has 18 heteroatoms. The molecular weight excluding hydrogens is 756 g/mol. The van der Waals surface area contributed by atoms with E-state index in [1.54, 1.807) is 29.6 Å². The maximum Gasteiger partial charge on any atom is 0.304 e. The van der Waals surface area contributed by atoms with Crippen molar-refractivity contribution in [2.24, 2.45) is 0 Å². The van der Waals surface area contributed by atoms with Crippen LogP contribution in [0.4, 0.5) is 10.1 Å². The van der Waals surface area contributed by atoms with E-state index in [0.717, 1.165) is 37.0 Å². The van der Waals surface area contributed by atoms with Gasteiger partial charge in [0.25, 0.3) is 10.0 Å².